The minimum atomic E-state index is -4.43. The minimum absolute atomic E-state index is 0.179. The summed E-state index contributed by atoms with van der Waals surface area (Å²) in [5.74, 6) is 2.13. The molecule has 0 aliphatic carbocycles. The van der Waals surface area contributed by atoms with Gasteiger partial charge in [-0.3, -0.25) is 0 Å². The first-order valence-corrected chi connectivity index (χ1v) is 10.7. The van der Waals surface area contributed by atoms with Crippen molar-refractivity contribution >= 4 is 50.8 Å². The van der Waals surface area contributed by atoms with Crippen LogP contribution in [0.5, 0.6) is 5.75 Å². The number of ether oxygens (including phenoxy) is 2. The Hall–Kier alpha value is -1.52. The van der Waals surface area contributed by atoms with Crippen molar-refractivity contribution in [2.75, 3.05) is 7.11 Å². The first-order valence-electron chi connectivity index (χ1n) is 8.69. The van der Waals surface area contributed by atoms with E-state index in [0.29, 0.717) is 17.0 Å². The molecule has 0 fully saturated rings. The van der Waals surface area contributed by atoms with Gasteiger partial charge in [-0.15, -0.1) is 20.6 Å². The summed E-state index contributed by atoms with van der Waals surface area (Å²) in [6.07, 6.45) is -3.46. The molecule has 0 N–H and O–H groups in total. The van der Waals surface area contributed by atoms with Crippen molar-refractivity contribution in [1.82, 2.24) is 4.98 Å². The first-order chi connectivity index (χ1) is 13.7. The van der Waals surface area contributed by atoms with Crippen molar-refractivity contribution in [2.24, 2.45) is 0 Å². The Morgan fingerprint density at radius 2 is 1.93 bits per heavy atom. The molecule has 0 bridgehead atoms. The Labute approximate surface area is 176 Å². The van der Waals surface area contributed by atoms with Crippen LogP contribution in [0.1, 0.15) is 29.4 Å². The summed E-state index contributed by atoms with van der Waals surface area (Å²) in [4.78, 5) is 3.63. The lowest BCUT2D eigenvalue weighted by Crippen LogP contribution is -2.10. The second-order valence-electron chi connectivity index (χ2n) is 6.08. The van der Waals surface area contributed by atoms with Crippen molar-refractivity contribution < 1.29 is 22.6 Å². The molecule has 0 amide bonds. The fourth-order valence-corrected chi connectivity index (χ4v) is 4.36. The second kappa shape index (κ2) is 10.5. The van der Waals surface area contributed by atoms with Gasteiger partial charge < -0.3 is 9.47 Å². The van der Waals surface area contributed by atoms with E-state index >= 15 is 0 Å². The van der Waals surface area contributed by atoms with Gasteiger partial charge in [-0.1, -0.05) is 21.9 Å². The molecule has 0 radical (unpaired) electrons. The van der Waals surface area contributed by atoms with E-state index in [2.05, 4.69) is 40.1 Å². The summed E-state index contributed by atoms with van der Waals surface area (Å²) in [6.45, 7) is 3.86. The molecule has 156 valence electrons. The number of aryl methyl sites for hydroxylation is 2. The number of thiophene rings is 1. The molecule has 0 saturated heterocycles. The molecule has 1 unspecified atom stereocenters. The SMILES string of the molecule is CCc1csc2cc(OCc3ccc(C(F)(F)F)nc3C)cc(P)c12.COC=P. The number of rotatable bonds is 5. The van der Waals surface area contributed by atoms with Crippen LogP contribution in [0.4, 0.5) is 13.2 Å². The maximum absolute atomic E-state index is 12.7. The van der Waals surface area contributed by atoms with Crippen LogP contribution in [0.3, 0.4) is 0 Å². The smallest absolute Gasteiger partial charge is 0.433 e. The molecule has 3 nitrogen and oxygen atoms in total. The standard InChI is InChI=1S/C18H17F3NOPS.C2H5OP/c1-3-11-9-25-15-7-13(6-14(24)17(11)15)23-8-12-4-5-16(18(19,20)21)22-10(12)2;1-3-2-4/h4-7,9H,3,8,24H2,1-2H3;2,4H,1H3. The average molecular weight is 459 g/mol. The molecule has 3 rings (SSSR count). The molecule has 2 aromatic heterocycles. The van der Waals surface area contributed by atoms with E-state index in [1.54, 1.807) is 25.4 Å². The number of hydrogen-bond acceptors (Lipinski definition) is 4. The lowest BCUT2D eigenvalue weighted by atomic mass is 10.1. The number of hydrogen-bond donors (Lipinski definition) is 0. The molecule has 1 atom stereocenters. The molecule has 0 spiro atoms. The molecule has 3 aromatic rings. The summed E-state index contributed by atoms with van der Waals surface area (Å²) >= 11 is 1.67. The summed E-state index contributed by atoms with van der Waals surface area (Å²) in [6, 6.07) is 6.32. The first kappa shape index (κ1) is 23.8. The number of nitrogens with zero attached hydrogens (tertiary/aromatic N) is 1. The molecule has 2 heterocycles. The predicted octanol–water partition coefficient (Wildman–Crippen LogP) is 5.80. The highest BCUT2D eigenvalue weighted by molar-refractivity contribution is 7.29. The largest absolute Gasteiger partial charge is 0.489 e. The Morgan fingerprint density at radius 1 is 1.24 bits per heavy atom. The average Bonchev–Trinajstić information content (AvgIpc) is 3.10. The Bertz CT molecular complexity index is 990. The van der Waals surface area contributed by atoms with E-state index in [9.17, 15) is 13.2 Å². The summed E-state index contributed by atoms with van der Waals surface area (Å²) in [5.41, 5.74) is 1.39. The van der Waals surface area contributed by atoms with Gasteiger partial charge in [0.25, 0.3) is 0 Å². The number of methoxy groups -OCH3 is 1. The van der Waals surface area contributed by atoms with Crippen LogP contribution in [-0.4, -0.2) is 18.1 Å². The number of aromatic nitrogens is 1. The van der Waals surface area contributed by atoms with Gasteiger partial charge in [0.2, 0.25) is 0 Å². The van der Waals surface area contributed by atoms with E-state index in [1.807, 2.05) is 12.1 Å². The van der Waals surface area contributed by atoms with Crippen molar-refractivity contribution in [2.45, 2.75) is 33.1 Å². The summed E-state index contributed by atoms with van der Waals surface area (Å²) in [7, 11) is 7.25. The van der Waals surface area contributed by atoms with Gasteiger partial charge in [0, 0.05) is 28.5 Å². The zero-order valence-electron chi connectivity index (χ0n) is 16.3. The number of alkyl halides is 3. The lowest BCUT2D eigenvalue weighted by molar-refractivity contribution is -0.141. The Kier molecular flexibility index (Phi) is 8.59. The predicted molar refractivity (Wildman–Crippen MR) is 120 cm³/mol. The van der Waals surface area contributed by atoms with Crippen molar-refractivity contribution in [3.8, 4) is 5.75 Å². The number of pyridine rings is 1. The molecule has 0 aliphatic rings. The highest BCUT2D eigenvalue weighted by atomic mass is 32.1. The van der Waals surface area contributed by atoms with Crippen LogP contribution >= 0.6 is 29.4 Å². The van der Waals surface area contributed by atoms with E-state index in [0.717, 1.165) is 22.5 Å². The molecular formula is C20H22F3NO2P2S. The zero-order chi connectivity index (χ0) is 21.6. The van der Waals surface area contributed by atoms with Crippen LogP contribution in [0.25, 0.3) is 10.1 Å². The van der Waals surface area contributed by atoms with Crippen LogP contribution in [0.15, 0.2) is 29.6 Å². The normalized spacial score (nSPS) is 11.1. The fraction of sp³-hybridized carbons (Fsp3) is 0.300. The lowest BCUT2D eigenvalue weighted by Gasteiger charge is -2.12. The minimum Gasteiger partial charge on any atom is -0.489 e. The number of benzene rings is 1. The number of halogens is 3. The third-order valence-corrected chi connectivity index (χ3v) is 5.80. The maximum atomic E-state index is 12.7. The molecular weight excluding hydrogens is 437 g/mol. The van der Waals surface area contributed by atoms with Gasteiger partial charge in [-0.25, -0.2) is 4.98 Å². The molecule has 9 heteroatoms. The zero-order valence-corrected chi connectivity index (χ0v) is 19.2. The van der Waals surface area contributed by atoms with E-state index < -0.39 is 11.9 Å². The Balaban J connectivity index is 0.000000687. The van der Waals surface area contributed by atoms with Gasteiger partial charge in [0.15, 0.2) is 0 Å². The quantitative estimate of drug-likeness (QED) is 0.452. The molecule has 29 heavy (non-hydrogen) atoms. The van der Waals surface area contributed by atoms with Crippen LogP contribution < -0.4 is 10.0 Å². The number of fused-ring (bicyclic) bond motifs is 1. The van der Waals surface area contributed by atoms with Crippen molar-refractivity contribution in [3.05, 3.63) is 52.2 Å². The van der Waals surface area contributed by atoms with Gasteiger partial charge in [0.05, 0.1) is 5.98 Å². The molecule has 0 saturated carbocycles. The molecule has 1 aromatic carbocycles. The van der Waals surface area contributed by atoms with Crippen LogP contribution in [-0.2, 0) is 23.9 Å². The van der Waals surface area contributed by atoms with Crippen LogP contribution in [0.2, 0.25) is 0 Å². The van der Waals surface area contributed by atoms with Gasteiger partial charge in [0.1, 0.15) is 18.1 Å². The van der Waals surface area contributed by atoms with Crippen molar-refractivity contribution in [3.63, 3.8) is 0 Å². The third-order valence-electron chi connectivity index (χ3n) is 4.13. The Morgan fingerprint density at radius 3 is 2.48 bits per heavy atom. The molecule has 0 aliphatic heterocycles. The van der Waals surface area contributed by atoms with E-state index in [4.69, 9.17) is 4.74 Å². The summed E-state index contributed by atoms with van der Waals surface area (Å²) < 4.78 is 49.3. The third kappa shape index (κ3) is 6.23. The topological polar surface area (TPSA) is 31.4 Å². The highest BCUT2D eigenvalue weighted by Crippen LogP contribution is 2.31. The highest BCUT2D eigenvalue weighted by Gasteiger charge is 2.32. The van der Waals surface area contributed by atoms with Gasteiger partial charge >= 0.3 is 6.18 Å². The van der Waals surface area contributed by atoms with Gasteiger partial charge in [-0.05, 0) is 47.8 Å². The second-order valence-corrected chi connectivity index (χ2v) is 7.85. The van der Waals surface area contributed by atoms with E-state index in [1.165, 1.54) is 23.0 Å². The fourth-order valence-electron chi connectivity index (χ4n) is 2.65. The van der Waals surface area contributed by atoms with Crippen molar-refractivity contribution in [1.29, 1.82) is 0 Å². The maximum Gasteiger partial charge on any atom is 0.433 e. The monoisotopic (exact) mass is 459 g/mol. The van der Waals surface area contributed by atoms with E-state index in [-0.39, 0.29) is 6.61 Å². The van der Waals surface area contributed by atoms with Gasteiger partial charge in [-0.2, -0.15) is 13.2 Å². The summed E-state index contributed by atoms with van der Waals surface area (Å²) in [5, 5.41) is 4.44. The van der Waals surface area contributed by atoms with Crippen LogP contribution in [0, 0.1) is 6.92 Å².